The lowest BCUT2D eigenvalue weighted by atomic mass is 10.3. The van der Waals surface area contributed by atoms with Crippen LogP contribution in [0.2, 0.25) is 0 Å². The summed E-state index contributed by atoms with van der Waals surface area (Å²) >= 11 is 3.46. The van der Waals surface area contributed by atoms with Crippen molar-refractivity contribution < 1.29 is 5.21 Å². The number of aromatic nitrogens is 2. The summed E-state index contributed by atoms with van der Waals surface area (Å²) in [7, 11) is 0. The minimum atomic E-state index is 0.260. The van der Waals surface area contributed by atoms with Crippen LogP contribution in [0.25, 0.3) is 0 Å². The molecule has 0 aliphatic rings. The molecule has 1 aromatic heterocycles. The van der Waals surface area contributed by atoms with Gasteiger partial charge in [0.1, 0.15) is 5.84 Å². The number of nitrogens with two attached hydrogens (primary N) is 1. The van der Waals surface area contributed by atoms with Crippen LogP contribution >= 0.6 is 15.9 Å². The van der Waals surface area contributed by atoms with E-state index in [1.807, 2.05) is 18.5 Å². The third-order valence-electron chi connectivity index (χ3n) is 2.22. The van der Waals surface area contributed by atoms with E-state index in [4.69, 9.17) is 10.9 Å². The van der Waals surface area contributed by atoms with Gasteiger partial charge in [-0.05, 0) is 36.2 Å². The van der Waals surface area contributed by atoms with Crippen LogP contribution < -0.4 is 5.73 Å². The summed E-state index contributed by atoms with van der Waals surface area (Å²) in [5.41, 5.74) is 7.46. The minimum absolute atomic E-state index is 0.260. The largest absolute Gasteiger partial charge is 0.409 e. The third-order valence-corrected chi connectivity index (χ3v) is 3.37. The van der Waals surface area contributed by atoms with Crippen molar-refractivity contribution in [1.82, 2.24) is 9.78 Å². The number of rotatable bonds is 4. The van der Waals surface area contributed by atoms with E-state index in [1.165, 1.54) is 0 Å². The van der Waals surface area contributed by atoms with Crippen molar-refractivity contribution in [2.24, 2.45) is 10.9 Å². The number of oxime groups is 1. The molecule has 0 aromatic carbocycles. The highest BCUT2D eigenvalue weighted by molar-refractivity contribution is 9.10. The molecule has 0 saturated carbocycles. The molecule has 0 spiro atoms. The zero-order valence-electron chi connectivity index (χ0n) is 8.87. The maximum Gasteiger partial charge on any atom is 0.139 e. The Morgan fingerprint density at radius 1 is 1.60 bits per heavy atom. The van der Waals surface area contributed by atoms with Crippen LogP contribution in [0.3, 0.4) is 0 Å². The second-order valence-corrected chi connectivity index (χ2v) is 4.20. The maximum absolute atomic E-state index is 8.37. The number of halogens is 1. The summed E-state index contributed by atoms with van der Waals surface area (Å²) in [6.07, 6.45) is 1.39. The van der Waals surface area contributed by atoms with Crippen molar-refractivity contribution in [3.8, 4) is 0 Å². The molecule has 0 unspecified atom stereocenters. The van der Waals surface area contributed by atoms with Gasteiger partial charge in [0.2, 0.25) is 0 Å². The summed E-state index contributed by atoms with van der Waals surface area (Å²) in [5, 5.41) is 15.6. The van der Waals surface area contributed by atoms with E-state index < -0.39 is 0 Å². The Bertz CT molecular complexity index is 372. The molecular weight excluding hydrogens is 260 g/mol. The topological polar surface area (TPSA) is 76.4 Å². The molecule has 0 radical (unpaired) electrons. The fraction of sp³-hybridized carbons (Fsp3) is 0.556. The first kappa shape index (κ1) is 12.0. The Hall–Kier alpha value is -1.04. The zero-order chi connectivity index (χ0) is 11.4. The van der Waals surface area contributed by atoms with Crippen molar-refractivity contribution in [2.75, 3.05) is 0 Å². The normalized spacial score (nSPS) is 12.1. The van der Waals surface area contributed by atoms with E-state index in [0.29, 0.717) is 6.42 Å². The average molecular weight is 275 g/mol. The van der Waals surface area contributed by atoms with Gasteiger partial charge in [-0.25, -0.2) is 0 Å². The minimum Gasteiger partial charge on any atom is -0.409 e. The molecule has 0 atom stereocenters. The molecule has 0 amide bonds. The zero-order valence-corrected chi connectivity index (χ0v) is 10.5. The van der Waals surface area contributed by atoms with Gasteiger partial charge in [0, 0.05) is 18.7 Å². The maximum atomic E-state index is 8.37. The first-order chi connectivity index (χ1) is 7.06. The number of amidine groups is 1. The number of hydrogen-bond acceptors (Lipinski definition) is 3. The van der Waals surface area contributed by atoms with Crippen LogP contribution in [0.4, 0.5) is 0 Å². The van der Waals surface area contributed by atoms with Crippen LogP contribution in [0.15, 0.2) is 9.63 Å². The first-order valence-electron chi connectivity index (χ1n) is 4.72. The van der Waals surface area contributed by atoms with Crippen LogP contribution in [0.5, 0.6) is 0 Å². The standard InChI is InChI=1S/C9H15BrN4O/c1-6-9(10)7(2)14(12-6)5-3-4-8(11)13-15/h15H,3-5H2,1-2H3,(H2,11,13). The molecule has 15 heavy (non-hydrogen) atoms. The van der Waals surface area contributed by atoms with Gasteiger partial charge in [0.05, 0.1) is 10.2 Å². The molecule has 0 aliphatic carbocycles. The second-order valence-electron chi connectivity index (χ2n) is 3.40. The van der Waals surface area contributed by atoms with E-state index in [1.54, 1.807) is 0 Å². The molecule has 0 aliphatic heterocycles. The Morgan fingerprint density at radius 3 is 2.73 bits per heavy atom. The Kier molecular flexibility index (Phi) is 4.14. The smallest absolute Gasteiger partial charge is 0.139 e. The number of aryl methyl sites for hydroxylation is 2. The fourth-order valence-electron chi connectivity index (χ4n) is 1.35. The summed E-state index contributed by atoms with van der Waals surface area (Å²) in [6.45, 7) is 4.74. The molecule has 0 fully saturated rings. The monoisotopic (exact) mass is 274 g/mol. The van der Waals surface area contributed by atoms with Gasteiger partial charge < -0.3 is 10.9 Å². The SMILES string of the molecule is Cc1nn(CCCC(N)=NO)c(C)c1Br. The van der Waals surface area contributed by atoms with Crippen LogP contribution in [0, 0.1) is 13.8 Å². The Morgan fingerprint density at radius 2 is 2.27 bits per heavy atom. The van der Waals surface area contributed by atoms with Gasteiger partial charge in [0.15, 0.2) is 0 Å². The fourth-order valence-corrected chi connectivity index (χ4v) is 1.64. The first-order valence-corrected chi connectivity index (χ1v) is 5.51. The van der Waals surface area contributed by atoms with E-state index in [9.17, 15) is 0 Å². The average Bonchev–Trinajstić information content (AvgIpc) is 2.46. The number of hydrogen-bond donors (Lipinski definition) is 2. The van der Waals surface area contributed by atoms with Crippen LogP contribution in [0.1, 0.15) is 24.2 Å². The van der Waals surface area contributed by atoms with E-state index >= 15 is 0 Å². The third kappa shape index (κ3) is 2.95. The highest BCUT2D eigenvalue weighted by Gasteiger charge is 2.07. The molecule has 6 heteroatoms. The summed E-state index contributed by atoms with van der Waals surface area (Å²) < 4.78 is 2.97. The lowest BCUT2D eigenvalue weighted by Crippen LogP contribution is -2.13. The molecule has 1 aromatic rings. The van der Waals surface area contributed by atoms with E-state index in [0.717, 1.165) is 28.8 Å². The molecule has 3 N–H and O–H groups in total. The quantitative estimate of drug-likeness (QED) is 0.380. The van der Waals surface area contributed by atoms with Crippen molar-refractivity contribution >= 4 is 21.8 Å². The molecule has 1 rings (SSSR count). The van der Waals surface area contributed by atoms with Crippen molar-refractivity contribution in [2.45, 2.75) is 33.2 Å². The molecule has 0 bridgehead atoms. The molecule has 5 nitrogen and oxygen atoms in total. The predicted octanol–water partition coefficient (Wildman–Crippen LogP) is 1.79. The highest BCUT2D eigenvalue weighted by Crippen LogP contribution is 2.19. The Labute approximate surface area is 97.1 Å². The van der Waals surface area contributed by atoms with Crippen molar-refractivity contribution in [3.05, 3.63) is 15.9 Å². The van der Waals surface area contributed by atoms with Gasteiger partial charge >= 0.3 is 0 Å². The lowest BCUT2D eigenvalue weighted by molar-refractivity contribution is 0.316. The summed E-state index contributed by atoms with van der Waals surface area (Å²) in [6, 6.07) is 0. The highest BCUT2D eigenvalue weighted by atomic mass is 79.9. The summed E-state index contributed by atoms with van der Waals surface area (Å²) in [5.74, 6) is 0.260. The van der Waals surface area contributed by atoms with Crippen LogP contribution in [-0.4, -0.2) is 20.8 Å². The van der Waals surface area contributed by atoms with Crippen molar-refractivity contribution in [3.63, 3.8) is 0 Å². The van der Waals surface area contributed by atoms with E-state index in [2.05, 4.69) is 26.2 Å². The van der Waals surface area contributed by atoms with Crippen LogP contribution in [-0.2, 0) is 6.54 Å². The van der Waals surface area contributed by atoms with Gasteiger partial charge in [-0.2, -0.15) is 5.10 Å². The molecule has 84 valence electrons. The summed E-state index contributed by atoms with van der Waals surface area (Å²) in [4.78, 5) is 0. The predicted molar refractivity (Wildman–Crippen MR) is 62.0 cm³/mol. The molecule has 0 saturated heterocycles. The second kappa shape index (κ2) is 5.16. The molecular formula is C9H15BrN4O. The van der Waals surface area contributed by atoms with Gasteiger partial charge in [-0.1, -0.05) is 5.16 Å². The van der Waals surface area contributed by atoms with E-state index in [-0.39, 0.29) is 5.84 Å². The van der Waals surface area contributed by atoms with Gasteiger partial charge in [0.25, 0.3) is 0 Å². The molecule has 1 heterocycles. The van der Waals surface area contributed by atoms with Gasteiger partial charge in [-0.3, -0.25) is 4.68 Å². The van der Waals surface area contributed by atoms with Gasteiger partial charge in [-0.15, -0.1) is 0 Å². The lowest BCUT2D eigenvalue weighted by Gasteiger charge is -2.03. The Balaban J connectivity index is 2.55. The van der Waals surface area contributed by atoms with Crippen molar-refractivity contribution in [1.29, 1.82) is 0 Å². The number of nitrogens with zero attached hydrogens (tertiary/aromatic N) is 3.